The molecular weight excluding hydrogens is 206 g/mol. The fourth-order valence-corrected chi connectivity index (χ4v) is 1.13. The van der Waals surface area contributed by atoms with Crippen molar-refractivity contribution in [2.45, 2.75) is 19.4 Å². The smallest absolute Gasteiger partial charge is 0.270 e. The van der Waals surface area contributed by atoms with Crippen LogP contribution in [0, 0.1) is 11.3 Å². The molecule has 0 aliphatic heterocycles. The number of carbonyl (C=O) groups excluding carboxylic acids is 1. The minimum atomic E-state index is -0.342. The highest BCUT2D eigenvalue weighted by Crippen LogP contribution is 2.00. The number of pyridine rings is 1. The lowest BCUT2D eigenvalue weighted by Gasteiger charge is -2.13. The van der Waals surface area contributed by atoms with Crippen molar-refractivity contribution in [1.29, 1.82) is 5.26 Å². The summed E-state index contributed by atoms with van der Waals surface area (Å²) in [5.41, 5.74) is 0.650. The van der Waals surface area contributed by atoms with Gasteiger partial charge in [0.2, 0.25) is 0 Å². The van der Waals surface area contributed by atoms with E-state index in [1.165, 1.54) is 18.3 Å². The van der Waals surface area contributed by atoms with Crippen LogP contribution in [0.25, 0.3) is 0 Å². The van der Waals surface area contributed by atoms with Gasteiger partial charge in [0.1, 0.15) is 11.8 Å². The maximum atomic E-state index is 11.6. The molecule has 0 saturated carbocycles. The molecule has 16 heavy (non-hydrogen) atoms. The molecule has 1 aromatic rings. The van der Waals surface area contributed by atoms with E-state index in [0.29, 0.717) is 12.0 Å². The van der Waals surface area contributed by atoms with Gasteiger partial charge in [0, 0.05) is 6.20 Å². The third kappa shape index (κ3) is 3.04. The Kier molecular flexibility index (Phi) is 4.42. The maximum absolute atomic E-state index is 11.6. The number of aliphatic hydroxyl groups is 1. The number of rotatable bonds is 4. The van der Waals surface area contributed by atoms with Crippen molar-refractivity contribution in [3.05, 3.63) is 29.6 Å². The van der Waals surface area contributed by atoms with Gasteiger partial charge in [-0.25, -0.2) is 4.98 Å². The zero-order valence-electron chi connectivity index (χ0n) is 8.97. The van der Waals surface area contributed by atoms with E-state index < -0.39 is 0 Å². The second-order valence-corrected chi connectivity index (χ2v) is 3.31. The van der Waals surface area contributed by atoms with Crippen LogP contribution >= 0.6 is 0 Å². The molecule has 0 aliphatic carbocycles. The quantitative estimate of drug-likeness (QED) is 0.770. The number of nitrogens with one attached hydrogen (secondary N) is 1. The van der Waals surface area contributed by atoms with Gasteiger partial charge in [0.25, 0.3) is 5.91 Å². The van der Waals surface area contributed by atoms with Crippen LogP contribution in [-0.4, -0.2) is 28.6 Å². The minimum Gasteiger partial charge on any atom is -0.394 e. The minimum absolute atomic E-state index is 0.0987. The van der Waals surface area contributed by atoms with Crippen LogP contribution in [0.3, 0.4) is 0 Å². The molecule has 5 nitrogen and oxygen atoms in total. The Labute approximate surface area is 93.7 Å². The second kappa shape index (κ2) is 5.83. The molecule has 1 heterocycles. The Bertz CT molecular complexity index is 391. The molecular formula is C11H13N3O2. The lowest BCUT2D eigenvalue weighted by atomic mass is 10.2. The lowest BCUT2D eigenvalue weighted by Crippen LogP contribution is -2.37. The average Bonchev–Trinajstić information content (AvgIpc) is 2.35. The van der Waals surface area contributed by atoms with E-state index in [4.69, 9.17) is 10.4 Å². The van der Waals surface area contributed by atoms with E-state index in [0.717, 1.165) is 0 Å². The first-order valence-electron chi connectivity index (χ1n) is 4.99. The SMILES string of the molecule is CC[C@@H](CO)NC(=O)c1ccc(C#N)cn1. The van der Waals surface area contributed by atoms with E-state index in [2.05, 4.69) is 10.3 Å². The number of carbonyl (C=O) groups is 1. The molecule has 1 atom stereocenters. The Morgan fingerprint density at radius 1 is 1.69 bits per heavy atom. The fourth-order valence-electron chi connectivity index (χ4n) is 1.13. The van der Waals surface area contributed by atoms with E-state index in [1.807, 2.05) is 13.0 Å². The van der Waals surface area contributed by atoms with Gasteiger partial charge in [-0.3, -0.25) is 4.79 Å². The summed E-state index contributed by atoms with van der Waals surface area (Å²) in [6, 6.07) is 4.68. The van der Waals surface area contributed by atoms with E-state index in [9.17, 15) is 4.79 Å². The van der Waals surface area contributed by atoms with Gasteiger partial charge in [-0.1, -0.05) is 6.92 Å². The molecule has 84 valence electrons. The third-order valence-electron chi connectivity index (χ3n) is 2.17. The molecule has 0 radical (unpaired) electrons. The first kappa shape index (κ1) is 12.1. The lowest BCUT2D eigenvalue weighted by molar-refractivity contribution is 0.0910. The Hall–Kier alpha value is -1.93. The molecule has 0 spiro atoms. The summed E-state index contributed by atoms with van der Waals surface area (Å²) in [5, 5.41) is 20.1. The Balaban J connectivity index is 2.70. The molecule has 0 fully saturated rings. The van der Waals surface area contributed by atoms with Crippen molar-refractivity contribution in [2.75, 3.05) is 6.61 Å². The summed E-state index contributed by atoms with van der Waals surface area (Å²) in [6.07, 6.45) is 1.99. The Morgan fingerprint density at radius 3 is 2.88 bits per heavy atom. The van der Waals surface area contributed by atoms with E-state index in [1.54, 1.807) is 0 Å². The Morgan fingerprint density at radius 2 is 2.44 bits per heavy atom. The van der Waals surface area contributed by atoms with Gasteiger partial charge in [-0.05, 0) is 18.6 Å². The number of nitriles is 1. The van der Waals surface area contributed by atoms with Crippen LogP contribution < -0.4 is 5.32 Å². The highest BCUT2D eigenvalue weighted by molar-refractivity contribution is 5.92. The second-order valence-electron chi connectivity index (χ2n) is 3.31. The number of nitrogens with zero attached hydrogens (tertiary/aromatic N) is 2. The number of hydrogen-bond donors (Lipinski definition) is 2. The molecule has 0 saturated heterocycles. The first-order valence-corrected chi connectivity index (χ1v) is 4.99. The normalized spacial score (nSPS) is 11.6. The van der Waals surface area contributed by atoms with Crippen molar-refractivity contribution < 1.29 is 9.90 Å². The highest BCUT2D eigenvalue weighted by atomic mass is 16.3. The number of aromatic nitrogens is 1. The van der Waals surface area contributed by atoms with E-state index in [-0.39, 0.29) is 24.2 Å². The summed E-state index contributed by atoms with van der Waals surface area (Å²) < 4.78 is 0. The number of hydrogen-bond acceptors (Lipinski definition) is 4. The van der Waals surface area contributed by atoms with Crippen molar-refractivity contribution in [1.82, 2.24) is 10.3 Å². The predicted octanol–water partition coefficient (Wildman–Crippen LogP) is 0.454. The van der Waals surface area contributed by atoms with E-state index >= 15 is 0 Å². The molecule has 1 aromatic heterocycles. The van der Waals surface area contributed by atoms with Gasteiger partial charge in [0.15, 0.2) is 0 Å². The summed E-state index contributed by atoms with van der Waals surface area (Å²) >= 11 is 0. The van der Waals surface area contributed by atoms with Crippen LogP contribution in [0.4, 0.5) is 0 Å². The molecule has 0 bridgehead atoms. The van der Waals surface area contributed by atoms with Crippen molar-refractivity contribution in [3.8, 4) is 6.07 Å². The summed E-state index contributed by atoms with van der Waals surface area (Å²) in [6.45, 7) is 1.77. The average molecular weight is 219 g/mol. The molecule has 1 amide bonds. The van der Waals surface area contributed by atoms with Crippen molar-refractivity contribution in [3.63, 3.8) is 0 Å². The summed E-state index contributed by atoms with van der Waals surface area (Å²) in [4.78, 5) is 15.5. The molecule has 5 heteroatoms. The third-order valence-corrected chi connectivity index (χ3v) is 2.17. The van der Waals surface area contributed by atoms with Gasteiger partial charge in [-0.15, -0.1) is 0 Å². The zero-order valence-corrected chi connectivity index (χ0v) is 8.97. The van der Waals surface area contributed by atoms with Gasteiger partial charge >= 0.3 is 0 Å². The largest absolute Gasteiger partial charge is 0.394 e. The molecule has 0 aliphatic rings. The summed E-state index contributed by atoms with van der Waals surface area (Å²) in [7, 11) is 0. The van der Waals surface area contributed by atoms with Crippen molar-refractivity contribution >= 4 is 5.91 Å². The van der Waals surface area contributed by atoms with Crippen LogP contribution in [0.2, 0.25) is 0 Å². The monoisotopic (exact) mass is 219 g/mol. The topological polar surface area (TPSA) is 86.0 Å². The molecule has 2 N–H and O–H groups in total. The zero-order chi connectivity index (χ0) is 12.0. The maximum Gasteiger partial charge on any atom is 0.270 e. The van der Waals surface area contributed by atoms with Crippen LogP contribution in [0.15, 0.2) is 18.3 Å². The van der Waals surface area contributed by atoms with Crippen molar-refractivity contribution in [2.24, 2.45) is 0 Å². The first-order chi connectivity index (χ1) is 7.71. The number of aliphatic hydroxyl groups excluding tert-OH is 1. The molecule has 1 rings (SSSR count). The van der Waals surface area contributed by atoms with Gasteiger partial charge in [0.05, 0.1) is 18.2 Å². The van der Waals surface area contributed by atoms with Gasteiger partial charge in [-0.2, -0.15) is 5.26 Å². The van der Waals surface area contributed by atoms with Crippen LogP contribution in [-0.2, 0) is 0 Å². The molecule has 0 aromatic carbocycles. The highest BCUT2D eigenvalue weighted by Gasteiger charge is 2.11. The van der Waals surface area contributed by atoms with Crippen LogP contribution in [0.1, 0.15) is 29.4 Å². The molecule has 0 unspecified atom stereocenters. The number of amides is 1. The van der Waals surface area contributed by atoms with Gasteiger partial charge < -0.3 is 10.4 Å². The predicted molar refractivity (Wildman–Crippen MR) is 57.6 cm³/mol. The fraction of sp³-hybridized carbons (Fsp3) is 0.364. The van der Waals surface area contributed by atoms with Crippen LogP contribution in [0.5, 0.6) is 0 Å². The standard InChI is InChI=1S/C11H13N3O2/c1-2-9(7-15)14-11(16)10-4-3-8(5-12)6-13-10/h3-4,6,9,15H,2,7H2,1H3,(H,14,16)/t9-/m0/s1. The summed E-state index contributed by atoms with van der Waals surface area (Å²) in [5.74, 6) is -0.342.